The van der Waals surface area contributed by atoms with E-state index in [1.54, 1.807) is 30.1 Å². The van der Waals surface area contributed by atoms with Crippen molar-refractivity contribution in [3.05, 3.63) is 87.9 Å². The van der Waals surface area contributed by atoms with Gasteiger partial charge in [-0.15, -0.1) is 0 Å². The van der Waals surface area contributed by atoms with Crippen molar-refractivity contribution in [3.63, 3.8) is 0 Å². The van der Waals surface area contributed by atoms with Gasteiger partial charge in [-0.25, -0.2) is 8.42 Å². The molecule has 3 aromatic carbocycles. The van der Waals surface area contributed by atoms with E-state index >= 15 is 0 Å². The molecule has 3 aromatic rings. The van der Waals surface area contributed by atoms with Crippen molar-refractivity contribution in [2.75, 3.05) is 16.3 Å². The normalized spacial score (nSPS) is 15.6. The van der Waals surface area contributed by atoms with Crippen molar-refractivity contribution < 1.29 is 13.2 Å². The van der Waals surface area contributed by atoms with Gasteiger partial charge in [0, 0.05) is 28.8 Å². The van der Waals surface area contributed by atoms with Crippen LogP contribution >= 0.6 is 15.9 Å². The third kappa shape index (κ3) is 3.88. The molecule has 0 aliphatic carbocycles. The van der Waals surface area contributed by atoms with Crippen molar-refractivity contribution in [2.24, 2.45) is 0 Å². The predicted molar refractivity (Wildman–Crippen MR) is 127 cm³/mol. The number of carbonyl (C=O) groups is 1. The van der Waals surface area contributed by atoms with Gasteiger partial charge < -0.3 is 4.90 Å². The Morgan fingerprint density at radius 2 is 1.81 bits per heavy atom. The van der Waals surface area contributed by atoms with E-state index in [0.717, 1.165) is 21.3 Å². The summed E-state index contributed by atoms with van der Waals surface area (Å²) in [6.45, 7) is 3.83. The summed E-state index contributed by atoms with van der Waals surface area (Å²) in [7, 11) is -2.11. The number of sulfonamides is 1. The maximum absolute atomic E-state index is 13.5. The Morgan fingerprint density at radius 1 is 1.06 bits per heavy atom. The largest absolute Gasteiger partial charge is 0.311 e. The number of rotatable bonds is 4. The molecule has 1 heterocycles. The SMILES string of the molecule is Cc1cc(Br)ccc1N(C)C(=O)c1cccc(S(=O)(=O)N2c3ccccc3CC2C)c1. The van der Waals surface area contributed by atoms with E-state index in [0.29, 0.717) is 17.7 Å². The molecular formula is C24H23BrN2O3S. The minimum Gasteiger partial charge on any atom is -0.311 e. The summed E-state index contributed by atoms with van der Waals surface area (Å²) in [4.78, 5) is 14.8. The molecule has 1 atom stereocenters. The molecule has 0 saturated heterocycles. The average Bonchev–Trinajstić information content (AvgIpc) is 3.09. The molecule has 0 aromatic heterocycles. The fourth-order valence-corrected chi connectivity index (χ4v) is 6.32. The summed E-state index contributed by atoms with van der Waals surface area (Å²) in [6.07, 6.45) is 0.666. The van der Waals surface area contributed by atoms with Crippen LogP contribution in [0.3, 0.4) is 0 Å². The molecule has 4 rings (SSSR count). The van der Waals surface area contributed by atoms with Crippen LogP contribution in [-0.2, 0) is 16.4 Å². The fraction of sp³-hybridized carbons (Fsp3) is 0.208. The first-order valence-electron chi connectivity index (χ1n) is 9.97. The lowest BCUT2D eigenvalue weighted by atomic mass is 10.1. The van der Waals surface area contributed by atoms with Crippen LogP contribution in [0, 0.1) is 6.92 Å². The minimum atomic E-state index is -3.81. The van der Waals surface area contributed by atoms with Crippen LogP contribution < -0.4 is 9.21 Å². The zero-order valence-electron chi connectivity index (χ0n) is 17.5. The number of nitrogens with zero attached hydrogens (tertiary/aromatic N) is 2. The van der Waals surface area contributed by atoms with Crippen LogP contribution in [0.15, 0.2) is 76.1 Å². The maximum Gasteiger partial charge on any atom is 0.264 e. The predicted octanol–water partition coefficient (Wildman–Crippen LogP) is 5.17. The minimum absolute atomic E-state index is 0.114. The van der Waals surface area contributed by atoms with Crippen LogP contribution in [0.25, 0.3) is 0 Å². The Kier molecular flexibility index (Phi) is 5.66. The summed E-state index contributed by atoms with van der Waals surface area (Å²) in [6, 6.07) is 19.3. The van der Waals surface area contributed by atoms with Crippen LogP contribution in [0.5, 0.6) is 0 Å². The standard InChI is InChI=1S/C24H23BrN2O3S/c1-16-13-20(25)11-12-22(16)26(3)24(28)19-8-6-9-21(15-19)31(29,30)27-17(2)14-18-7-4-5-10-23(18)27/h4-13,15,17H,14H2,1-3H3. The van der Waals surface area contributed by atoms with Crippen molar-refractivity contribution in [1.82, 2.24) is 0 Å². The quantitative estimate of drug-likeness (QED) is 0.498. The number of benzene rings is 3. The lowest BCUT2D eigenvalue weighted by Gasteiger charge is -2.25. The molecule has 1 unspecified atom stereocenters. The second kappa shape index (κ2) is 8.13. The highest BCUT2D eigenvalue weighted by Gasteiger charge is 2.36. The molecule has 1 aliphatic heterocycles. The third-order valence-electron chi connectivity index (χ3n) is 5.61. The van der Waals surface area contributed by atoms with Gasteiger partial charge in [0.15, 0.2) is 0 Å². The molecule has 0 bridgehead atoms. The highest BCUT2D eigenvalue weighted by atomic mass is 79.9. The molecule has 160 valence electrons. The van der Waals surface area contributed by atoms with E-state index in [9.17, 15) is 13.2 Å². The number of amides is 1. The van der Waals surface area contributed by atoms with Gasteiger partial charge in [0.05, 0.1) is 10.6 Å². The van der Waals surface area contributed by atoms with E-state index in [4.69, 9.17) is 0 Å². The summed E-state index contributed by atoms with van der Waals surface area (Å²) in [5, 5.41) is 0. The molecule has 0 N–H and O–H groups in total. The van der Waals surface area contributed by atoms with Crippen molar-refractivity contribution >= 4 is 43.2 Å². The highest BCUT2D eigenvalue weighted by Crippen LogP contribution is 2.36. The second-order valence-corrected chi connectivity index (χ2v) is 10.5. The molecule has 0 saturated carbocycles. The Morgan fingerprint density at radius 3 is 2.55 bits per heavy atom. The number of hydrogen-bond donors (Lipinski definition) is 0. The number of anilines is 2. The molecule has 31 heavy (non-hydrogen) atoms. The van der Waals surface area contributed by atoms with Crippen LogP contribution in [0.2, 0.25) is 0 Å². The van der Waals surface area contributed by atoms with Crippen LogP contribution in [0.4, 0.5) is 11.4 Å². The van der Waals surface area contributed by atoms with Gasteiger partial charge in [-0.3, -0.25) is 9.10 Å². The zero-order chi connectivity index (χ0) is 22.3. The Hall–Kier alpha value is -2.64. The van der Waals surface area contributed by atoms with Crippen LogP contribution in [-0.4, -0.2) is 27.4 Å². The smallest absolute Gasteiger partial charge is 0.264 e. The summed E-state index contributed by atoms with van der Waals surface area (Å²) in [5.41, 5.74) is 3.75. The van der Waals surface area contributed by atoms with Crippen molar-refractivity contribution in [2.45, 2.75) is 31.2 Å². The van der Waals surface area contributed by atoms with Gasteiger partial charge in [0.25, 0.3) is 15.9 Å². The number of carbonyl (C=O) groups excluding carboxylic acids is 1. The summed E-state index contributed by atoms with van der Waals surface area (Å²) >= 11 is 3.43. The van der Waals surface area contributed by atoms with Gasteiger partial charge in [0.2, 0.25) is 0 Å². The monoisotopic (exact) mass is 498 g/mol. The molecule has 0 fully saturated rings. The van der Waals surface area contributed by atoms with E-state index in [1.165, 1.54) is 10.4 Å². The van der Waals surface area contributed by atoms with Gasteiger partial charge >= 0.3 is 0 Å². The molecular weight excluding hydrogens is 476 g/mol. The molecule has 0 spiro atoms. The van der Waals surface area contributed by atoms with Gasteiger partial charge in [-0.05, 0) is 73.9 Å². The molecule has 0 radical (unpaired) electrons. The lowest BCUT2D eigenvalue weighted by molar-refractivity contribution is 0.0992. The van der Waals surface area contributed by atoms with Crippen molar-refractivity contribution in [3.8, 4) is 0 Å². The zero-order valence-corrected chi connectivity index (χ0v) is 19.9. The number of hydrogen-bond acceptors (Lipinski definition) is 3. The number of aryl methyl sites for hydroxylation is 1. The second-order valence-electron chi connectivity index (χ2n) is 7.81. The Labute approximate surface area is 191 Å². The highest BCUT2D eigenvalue weighted by molar-refractivity contribution is 9.10. The number of para-hydroxylation sites is 1. The molecule has 1 amide bonds. The maximum atomic E-state index is 13.5. The molecule has 5 nitrogen and oxygen atoms in total. The van der Waals surface area contributed by atoms with E-state index in [-0.39, 0.29) is 16.8 Å². The average molecular weight is 499 g/mol. The summed E-state index contributed by atoms with van der Waals surface area (Å²) < 4.78 is 29.4. The van der Waals surface area contributed by atoms with Crippen LogP contribution in [0.1, 0.15) is 28.4 Å². The molecule has 1 aliphatic rings. The Bertz CT molecular complexity index is 1270. The molecule has 7 heteroatoms. The van der Waals surface area contributed by atoms with Crippen molar-refractivity contribution in [1.29, 1.82) is 0 Å². The first-order chi connectivity index (χ1) is 14.7. The lowest BCUT2D eigenvalue weighted by Crippen LogP contribution is -2.36. The first kappa shape index (κ1) is 21.6. The first-order valence-corrected chi connectivity index (χ1v) is 12.2. The van der Waals surface area contributed by atoms with Gasteiger partial charge in [-0.1, -0.05) is 40.2 Å². The third-order valence-corrected chi connectivity index (χ3v) is 8.02. The fourth-order valence-electron chi connectivity index (χ4n) is 4.10. The number of fused-ring (bicyclic) bond motifs is 1. The topological polar surface area (TPSA) is 57.7 Å². The Balaban J connectivity index is 1.69. The van der Waals surface area contributed by atoms with Gasteiger partial charge in [0.1, 0.15) is 0 Å². The van der Waals surface area contributed by atoms with Gasteiger partial charge in [-0.2, -0.15) is 0 Å². The number of halogens is 1. The van der Waals surface area contributed by atoms with E-state index in [1.807, 2.05) is 56.3 Å². The van der Waals surface area contributed by atoms with E-state index in [2.05, 4.69) is 15.9 Å². The van der Waals surface area contributed by atoms with E-state index < -0.39 is 10.0 Å². The summed E-state index contributed by atoms with van der Waals surface area (Å²) in [5.74, 6) is -0.266.